The number of hydrogen-bond acceptors (Lipinski definition) is 1. The van der Waals surface area contributed by atoms with Crippen molar-refractivity contribution in [3.63, 3.8) is 0 Å². The van der Waals surface area contributed by atoms with Gasteiger partial charge in [-0.3, -0.25) is 0 Å². The van der Waals surface area contributed by atoms with Crippen LogP contribution in [0.15, 0.2) is 341 Å². The zero-order valence-corrected chi connectivity index (χ0v) is 48.0. The number of rotatable bonds is 9. The van der Waals surface area contributed by atoms with Crippen molar-refractivity contribution >= 4 is 106 Å². The molecule has 0 aliphatic heterocycles. The number of aromatic nitrogens is 1. The van der Waals surface area contributed by atoms with E-state index in [0.29, 0.717) is 0 Å². The van der Waals surface area contributed by atoms with E-state index in [1.54, 1.807) is 0 Å². The molecule has 17 rings (SSSR count). The van der Waals surface area contributed by atoms with E-state index < -0.39 is 10.0 Å². The minimum absolute atomic E-state index is 1.16. The fourth-order valence-corrected chi connectivity index (χ4v) is 19.2. The molecule has 398 valence electrons. The minimum Gasteiger partial charge on any atom is -0.309 e. The second-order valence-corrected chi connectivity index (χ2v) is 26.5. The summed E-state index contributed by atoms with van der Waals surface area (Å²) >= 11 is 1.93. The van der Waals surface area contributed by atoms with Crippen LogP contribution in [0.3, 0.4) is 0 Å². The van der Waals surface area contributed by atoms with E-state index >= 15 is 0 Å². The standard InChI is InChI=1S/C82H53NS2/c1-3-24-67(25-4-1)85(68-26-5-2-6-27-68,69-28-16-23-66(53-69)83-78-33-13-11-30-72(78)73-31-12-14-34-79(73)83)81-35-17-32-74-77-51-63(43-45-80(77)84-82(74)81)62-42-44-71-75(52-65-20-9-10-29-70(65)76(71)50-62)64-22-15-21-56(49-64)57-38-39-61-48-60(41-40-59(61)47-57)58-37-36-54-18-7-8-19-55(54)46-58/h1-53H. The molecule has 0 bridgehead atoms. The van der Waals surface area contributed by atoms with Gasteiger partial charge in [-0.2, -0.15) is 0 Å². The molecule has 15 aromatic carbocycles. The van der Waals surface area contributed by atoms with Crippen LogP contribution < -0.4 is 0 Å². The maximum absolute atomic E-state index is 2.48. The molecular formula is C82H53NS2. The number of fused-ring (bicyclic) bond motifs is 11. The fourth-order valence-electron chi connectivity index (χ4n) is 13.6. The third-order valence-corrected chi connectivity index (χ3v) is 22.9. The Bertz CT molecular complexity index is 5400. The second kappa shape index (κ2) is 20.0. The lowest BCUT2D eigenvalue weighted by Gasteiger charge is -2.42. The van der Waals surface area contributed by atoms with Gasteiger partial charge in [-0.05, 0) is 197 Å². The molecule has 0 aliphatic carbocycles. The van der Waals surface area contributed by atoms with E-state index in [4.69, 9.17) is 0 Å². The largest absolute Gasteiger partial charge is 0.309 e. The van der Waals surface area contributed by atoms with Gasteiger partial charge < -0.3 is 4.57 Å². The average molecular weight is 1120 g/mol. The molecule has 0 saturated heterocycles. The SMILES string of the molecule is c1ccc(S(c2ccccc2)(c2cccc(-n3c4ccccc4c4ccccc43)c2)c2cccc3c2sc2ccc(-c4ccc5c(-c6cccc(-c7ccc8cc(-c9ccc%10ccccc%10c9)ccc8c7)c6)cc6ccccc6c5c4)cc23)cc1. The van der Waals surface area contributed by atoms with Crippen molar-refractivity contribution in [1.29, 1.82) is 0 Å². The second-order valence-electron chi connectivity index (χ2n) is 22.4. The highest BCUT2D eigenvalue weighted by atomic mass is 32.3. The van der Waals surface area contributed by atoms with Crippen LogP contribution >= 0.6 is 21.4 Å². The van der Waals surface area contributed by atoms with Crippen molar-refractivity contribution < 1.29 is 0 Å². The maximum atomic E-state index is 2.48. The molecule has 17 aromatic rings. The molecular weight excluding hydrogens is 1060 g/mol. The molecule has 0 spiro atoms. The molecule has 85 heavy (non-hydrogen) atoms. The molecule has 1 nitrogen and oxygen atoms in total. The van der Waals surface area contributed by atoms with Gasteiger partial charge in [-0.15, -0.1) is 21.4 Å². The van der Waals surface area contributed by atoms with Gasteiger partial charge in [0, 0.05) is 56.2 Å². The number of hydrogen-bond donors (Lipinski definition) is 0. The van der Waals surface area contributed by atoms with Gasteiger partial charge in [0.2, 0.25) is 0 Å². The van der Waals surface area contributed by atoms with Gasteiger partial charge in [-0.25, -0.2) is 0 Å². The molecule has 0 radical (unpaired) electrons. The van der Waals surface area contributed by atoms with Gasteiger partial charge in [0.15, 0.2) is 0 Å². The zero-order valence-electron chi connectivity index (χ0n) is 46.4. The molecule has 0 fully saturated rings. The Morgan fingerprint density at radius 2 is 0.729 bits per heavy atom. The van der Waals surface area contributed by atoms with Crippen LogP contribution in [0.2, 0.25) is 0 Å². The van der Waals surface area contributed by atoms with Crippen LogP contribution in [0.5, 0.6) is 0 Å². The van der Waals surface area contributed by atoms with Gasteiger partial charge in [0.25, 0.3) is 0 Å². The highest BCUT2D eigenvalue weighted by molar-refractivity contribution is 8.34. The summed E-state index contributed by atoms with van der Waals surface area (Å²) in [5.74, 6) is 0. The predicted molar refractivity (Wildman–Crippen MR) is 365 cm³/mol. The third kappa shape index (κ3) is 8.07. The summed E-state index contributed by atoms with van der Waals surface area (Å²) in [5, 5.41) is 15.1. The highest BCUT2D eigenvalue weighted by Crippen LogP contribution is 2.75. The molecule has 0 unspecified atom stereocenters. The summed E-state index contributed by atoms with van der Waals surface area (Å²) in [7, 11) is -2.09. The summed E-state index contributed by atoms with van der Waals surface area (Å²) in [6, 6.07) is 121. The molecule has 0 aliphatic rings. The average Bonchev–Trinajstić information content (AvgIpc) is 2.13. The van der Waals surface area contributed by atoms with Crippen LogP contribution in [0.4, 0.5) is 0 Å². The number of nitrogens with zero attached hydrogens (tertiary/aromatic N) is 1. The summed E-state index contributed by atoms with van der Waals surface area (Å²) in [6.07, 6.45) is 0. The monoisotopic (exact) mass is 1120 g/mol. The molecule has 0 atom stereocenters. The van der Waals surface area contributed by atoms with Crippen molar-refractivity contribution in [2.75, 3.05) is 0 Å². The van der Waals surface area contributed by atoms with Crippen molar-refractivity contribution in [1.82, 2.24) is 4.57 Å². The summed E-state index contributed by atoms with van der Waals surface area (Å²) in [6.45, 7) is 0. The molecule has 0 saturated carbocycles. The van der Waals surface area contributed by atoms with E-state index in [1.807, 2.05) is 11.3 Å². The first-order valence-corrected chi connectivity index (χ1v) is 31.6. The van der Waals surface area contributed by atoms with Gasteiger partial charge in [0.1, 0.15) is 0 Å². The van der Waals surface area contributed by atoms with E-state index in [-0.39, 0.29) is 0 Å². The lowest BCUT2D eigenvalue weighted by Crippen LogP contribution is -2.06. The van der Waals surface area contributed by atoms with Crippen molar-refractivity contribution in [2.45, 2.75) is 19.6 Å². The summed E-state index contributed by atoms with van der Waals surface area (Å²) in [5.41, 5.74) is 13.3. The van der Waals surface area contributed by atoms with Gasteiger partial charge >= 0.3 is 0 Å². The highest BCUT2D eigenvalue weighted by Gasteiger charge is 2.36. The van der Waals surface area contributed by atoms with Gasteiger partial charge in [-0.1, -0.05) is 212 Å². The lowest BCUT2D eigenvalue weighted by atomic mass is 9.89. The Kier molecular flexibility index (Phi) is 11.6. The van der Waals surface area contributed by atoms with E-state index in [9.17, 15) is 0 Å². The van der Waals surface area contributed by atoms with Crippen LogP contribution in [-0.4, -0.2) is 4.57 Å². The van der Waals surface area contributed by atoms with Crippen LogP contribution in [-0.2, 0) is 0 Å². The topological polar surface area (TPSA) is 4.93 Å². The minimum atomic E-state index is -2.09. The first kappa shape index (κ1) is 49.3. The summed E-state index contributed by atoms with van der Waals surface area (Å²) < 4.78 is 5.06. The molecule has 0 N–H and O–H groups in total. The van der Waals surface area contributed by atoms with E-state index in [1.165, 1.54) is 149 Å². The molecule has 3 heteroatoms. The zero-order chi connectivity index (χ0) is 56.0. The predicted octanol–water partition coefficient (Wildman–Crippen LogP) is 23.8. The van der Waals surface area contributed by atoms with E-state index in [0.717, 1.165) is 5.69 Å². The first-order chi connectivity index (χ1) is 42.1. The summed E-state index contributed by atoms with van der Waals surface area (Å²) in [4.78, 5) is 5.26. The van der Waals surface area contributed by atoms with Gasteiger partial charge in [0.05, 0.1) is 11.0 Å². The Morgan fingerprint density at radius 1 is 0.247 bits per heavy atom. The Labute approximate surface area is 498 Å². The quantitative estimate of drug-likeness (QED) is 0.127. The molecule has 2 heterocycles. The lowest BCUT2D eigenvalue weighted by molar-refractivity contribution is 1.15. The van der Waals surface area contributed by atoms with Crippen LogP contribution in [0.25, 0.3) is 135 Å². The number of thiophene rings is 1. The smallest absolute Gasteiger partial charge is 0.0541 e. The first-order valence-electron chi connectivity index (χ1n) is 29.2. The Morgan fingerprint density at radius 3 is 1.42 bits per heavy atom. The van der Waals surface area contributed by atoms with Crippen LogP contribution in [0, 0.1) is 0 Å². The van der Waals surface area contributed by atoms with Crippen molar-refractivity contribution in [2.24, 2.45) is 0 Å². The molecule has 2 aromatic heterocycles. The van der Waals surface area contributed by atoms with Crippen molar-refractivity contribution in [3.05, 3.63) is 322 Å². The number of para-hydroxylation sites is 2. The Hall–Kier alpha value is -10.3. The van der Waals surface area contributed by atoms with E-state index in [2.05, 4.69) is 326 Å². The maximum Gasteiger partial charge on any atom is 0.0541 e. The van der Waals surface area contributed by atoms with Crippen LogP contribution in [0.1, 0.15) is 0 Å². The molecule has 0 amide bonds. The third-order valence-electron chi connectivity index (χ3n) is 17.6. The van der Waals surface area contributed by atoms with Crippen molar-refractivity contribution in [3.8, 4) is 50.2 Å². The normalized spacial score (nSPS) is 12.2. The fraction of sp³-hybridized carbons (Fsp3) is 0. The Balaban J connectivity index is 0.775. The number of benzene rings is 15.